The fraction of sp³-hybridized carbons (Fsp3) is 0.364. The molecule has 1 saturated heterocycles. The smallest absolute Gasteiger partial charge is 0.235 e. The van der Waals surface area contributed by atoms with Gasteiger partial charge in [-0.05, 0) is 24.6 Å². The topological polar surface area (TPSA) is 40.5 Å². The molecule has 80 valence electrons. The molecule has 4 heteroatoms. The van der Waals surface area contributed by atoms with Crippen LogP contribution < -0.4 is 0 Å². The van der Waals surface area contributed by atoms with E-state index in [1.54, 1.807) is 23.1 Å². The summed E-state index contributed by atoms with van der Waals surface area (Å²) in [6.45, 7) is 0.829. The van der Waals surface area contributed by atoms with Crippen LogP contribution in [0.25, 0.3) is 0 Å². The van der Waals surface area contributed by atoms with Gasteiger partial charge >= 0.3 is 0 Å². The summed E-state index contributed by atoms with van der Waals surface area (Å²) < 4.78 is 0. The van der Waals surface area contributed by atoms with Crippen LogP contribution in [-0.4, -0.2) is 34.8 Å². The van der Waals surface area contributed by atoms with E-state index >= 15 is 0 Å². The van der Waals surface area contributed by atoms with Crippen LogP contribution in [0.2, 0.25) is 0 Å². The number of aromatic hydroxyl groups is 1. The number of hydrogen-bond donors (Lipinski definition) is 1. The maximum absolute atomic E-state index is 11.6. The SMILES string of the molecule is CN1CCC(Sc2cccc(O)c2)C1=O. The molecule has 1 atom stereocenters. The molecular weight excluding hydrogens is 210 g/mol. The lowest BCUT2D eigenvalue weighted by molar-refractivity contribution is -0.126. The summed E-state index contributed by atoms with van der Waals surface area (Å²) in [7, 11) is 1.82. The molecule has 0 radical (unpaired) electrons. The van der Waals surface area contributed by atoms with Gasteiger partial charge in [0.25, 0.3) is 0 Å². The predicted octanol–water partition coefficient (Wildman–Crippen LogP) is 1.71. The molecule has 1 N–H and O–H groups in total. The van der Waals surface area contributed by atoms with Gasteiger partial charge in [-0.15, -0.1) is 11.8 Å². The van der Waals surface area contributed by atoms with Gasteiger partial charge in [-0.2, -0.15) is 0 Å². The summed E-state index contributed by atoms with van der Waals surface area (Å²) in [6.07, 6.45) is 0.885. The van der Waals surface area contributed by atoms with Crippen molar-refractivity contribution in [1.29, 1.82) is 0 Å². The van der Waals surface area contributed by atoms with Crippen molar-refractivity contribution in [1.82, 2.24) is 4.90 Å². The number of nitrogens with zero attached hydrogens (tertiary/aromatic N) is 1. The third kappa shape index (κ3) is 2.26. The summed E-state index contributed by atoms with van der Waals surface area (Å²) in [4.78, 5) is 14.3. The Labute approximate surface area is 93.1 Å². The van der Waals surface area contributed by atoms with Crippen LogP contribution in [0.4, 0.5) is 0 Å². The molecule has 1 aliphatic rings. The minimum Gasteiger partial charge on any atom is -0.508 e. The zero-order valence-electron chi connectivity index (χ0n) is 8.51. The van der Waals surface area contributed by atoms with Crippen molar-refractivity contribution in [3.05, 3.63) is 24.3 Å². The average molecular weight is 223 g/mol. The molecular formula is C11H13NO2S. The number of carbonyl (C=O) groups is 1. The van der Waals surface area contributed by atoms with Gasteiger partial charge in [-0.3, -0.25) is 4.79 Å². The van der Waals surface area contributed by atoms with E-state index in [0.717, 1.165) is 17.9 Å². The minimum absolute atomic E-state index is 0.0109. The summed E-state index contributed by atoms with van der Waals surface area (Å²) in [5.41, 5.74) is 0. The van der Waals surface area contributed by atoms with Crippen molar-refractivity contribution in [2.75, 3.05) is 13.6 Å². The van der Waals surface area contributed by atoms with Crippen molar-refractivity contribution in [3.8, 4) is 5.75 Å². The number of amides is 1. The first-order chi connectivity index (χ1) is 7.16. The predicted molar refractivity (Wildman–Crippen MR) is 60.0 cm³/mol. The highest BCUT2D eigenvalue weighted by atomic mass is 32.2. The van der Waals surface area contributed by atoms with E-state index in [2.05, 4.69) is 0 Å². The number of carbonyl (C=O) groups excluding carboxylic acids is 1. The Morgan fingerprint density at radius 3 is 2.93 bits per heavy atom. The Hall–Kier alpha value is -1.16. The Morgan fingerprint density at radius 1 is 1.53 bits per heavy atom. The van der Waals surface area contributed by atoms with E-state index in [1.165, 1.54) is 11.8 Å². The molecule has 1 aromatic carbocycles. The van der Waals surface area contributed by atoms with E-state index < -0.39 is 0 Å². The van der Waals surface area contributed by atoms with Gasteiger partial charge in [0.1, 0.15) is 5.75 Å². The van der Waals surface area contributed by atoms with Gasteiger partial charge < -0.3 is 10.0 Å². The minimum atomic E-state index is 0.0109. The molecule has 1 unspecified atom stereocenters. The molecule has 0 aliphatic carbocycles. The Bertz CT molecular complexity index is 381. The molecule has 1 fully saturated rings. The van der Waals surface area contributed by atoms with Crippen LogP contribution in [0.1, 0.15) is 6.42 Å². The Morgan fingerprint density at radius 2 is 2.33 bits per heavy atom. The van der Waals surface area contributed by atoms with Crippen LogP contribution >= 0.6 is 11.8 Å². The lowest BCUT2D eigenvalue weighted by Crippen LogP contribution is -2.23. The molecule has 0 aromatic heterocycles. The van der Waals surface area contributed by atoms with E-state index in [1.807, 2.05) is 13.1 Å². The van der Waals surface area contributed by atoms with Crippen LogP contribution in [0.5, 0.6) is 5.75 Å². The van der Waals surface area contributed by atoms with E-state index in [0.29, 0.717) is 0 Å². The molecule has 1 heterocycles. The first-order valence-corrected chi connectivity index (χ1v) is 5.75. The summed E-state index contributed by atoms with van der Waals surface area (Å²) >= 11 is 1.53. The van der Waals surface area contributed by atoms with Gasteiger partial charge in [0.2, 0.25) is 5.91 Å². The second-order valence-corrected chi connectivity index (χ2v) is 4.93. The molecule has 0 saturated carbocycles. The van der Waals surface area contributed by atoms with Crippen molar-refractivity contribution < 1.29 is 9.90 Å². The Balaban J connectivity index is 2.06. The van der Waals surface area contributed by atoms with Gasteiger partial charge in [0.05, 0.1) is 5.25 Å². The number of likely N-dealkylation sites (tertiary alicyclic amines) is 1. The van der Waals surface area contributed by atoms with Crippen molar-refractivity contribution >= 4 is 17.7 Å². The van der Waals surface area contributed by atoms with Gasteiger partial charge in [0.15, 0.2) is 0 Å². The second kappa shape index (κ2) is 4.14. The second-order valence-electron chi connectivity index (χ2n) is 3.65. The molecule has 3 nitrogen and oxygen atoms in total. The largest absolute Gasteiger partial charge is 0.508 e. The number of phenolic OH excluding ortho intramolecular Hbond substituents is 1. The quantitative estimate of drug-likeness (QED) is 0.830. The molecule has 1 aliphatic heterocycles. The van der Waals surface area contributed by atoms with Gasteiger partial charge in [-0.25, -0.2) is 0 Å². The lowest BCUT2D eigenvalue weighted by Gasteiger charge is -2.09. The summed E-state index contributed by atoms with van der Waals surface area (Å²) in [5.74, 6) is 0.433. The summed E-state index contributed by atoms with van der Waals surface area (Å²) in [6, 6.07) is 7.03. The highest BCUT2D eigenvalue weighted by Gasteiger charge is 2.29. The van der Waals surface area contributed by atoms with Crippen LogP contribution in [0, 0.1) is 0 Å². The number of benzene rings is 1. The normalized spacial score (nSPS) is 21.0. The number of thioether (sulfide) groups is 1. The lowest BCUT2D eigenvalue weighted by atomic mass is 10.3. The molecule has 0 spiro atoms. The fourth-order valence-electron chi connectivity index (χ4n) is 1.62. The van der Waals surface area contributed by atoms with Crippen molar-refractivity contribution in [2.24, 2.45) is 0 Å². The summed E-state index contributed by atoms with van der Waals surface area (Å²) in [5, 5.41) is 9.31. The van der Waals surface area contributed by atoms with Crippen LogP contribution in [0.3, 0.4) is 0 Å². The van der Waals surface area contributed by atoms with Gasteiger partial charge in [0, 0.05) is 18.5 Å². The Kier molecular flexibility index (Phi) is 2.86. The molecule has 0 bridgehead atoms. The zero-order chi connectivity index (χ0) is 10.8. The average Bonchev–Trinajstić information content (AvgIpc) is 2.50. The van der Waals surface area contributed by atoms with Crippen LogP contribution in [-0.2, 0) is 4.79 Å². The van der Waals surface area contributed by atoms with Crippen LogP contribution in [0.15, 0.2) is 29.2 Å². The molecule has 1 amide bonds. The van der Waals surface area contributed by atoms with E-state index in [9.17, 15) is 9.90 Å². The highest BCUT2D eigenvalue weighted by molar-refractivity contribution is 8.00. The number of phenols is 1. The first kappa shape index (κ1) is 10.4. The molecule has 15 heavy (non-hydrogen) atoms. The third-order valence-electron chi connectivity index (χ3n) is 2.47. The van der Waals surface area contributed by atoms with Crippen molar-refractivity contribution in [3.63, 3.8) is 0 Å². The molecule has 2 rings (SSSR count). The maximum atomic E-state index is 11.6. The third-order valence-corrected chi connectivity index (χ3v) is 3.72. The number of rotatable bonds is 2. The zero-order valence-corrected chi connectivity index (χ0v) is 9.33. The first-order valence-electron chi connectivity index (χ1n) is 4.87. The standard InChI is InChI=1S/C11H13NO2S/c1-12-6-5-10(11(12)14)15-9-4-2-3-8(13)7-9/h2-4,7,10,13H,5-6H2,1H3. The van der Waals surface area contributed by atoms with E-state index in [4.69, 9.17) is 0 Å². The monoisotopic (exact) mass is 223 g/mol. The number of hydrogen-bond acceptors (Lipinski definition) is 3. The van der Waals surface area contributed by atoms with Gasteiger partial charge in [-0.1, -0.05) is 6.07 Å². The van der Waals surface area contributed by atoms with E-state index in [-0.39, 0.29) is 16.9 Å². The fourth-order valence-corrected chi connectivity index (χ4v) is 2.80. The molecule has 1 aromatic rings. The maximum Gasteiger partial charge on any atom is 0.235 e. The van der Waals surface area contributed by atoms with Crippen molar-refractivity contribution in [2.45, 2.75) is 16.6 Å². The highest BCUT2D eigenvalue weighted by Crippen LogP contribution is 2.31.